The Morgan fingerprint density at radius 1 is 0.857 bits per heavy atom. The van der Waals surface area contributed by atoms with Crippen LogP contribution in [0.15, 0.2) is 60.8 Å². The van der Waals surface area contributed by atoms with Crippen LogP contribution in [0.5, 0.6) is 0 Å². The van der Waals surface area contributed by atoms with Crippen LogP contribution in [0, 0.1) is 0 Å². The van der Waals surface area contributed by atoms with Crippen molar-refractivity contribution in [3.63, 3.8) is 0 Å². The van der Waals surface area contributed by atoms with Gasteiger partial charge in [0.1, 0.15) is 12.1 Å². The summed E-state index contributed by atoms with van der Waals surface area (Å²) in [5, 5.41) is 27.8. The Kier molecular flexibility index (Phi) is 12.0. The Bertz CT molecular complexity index is 1340. The van der Waals surface area contributed by atoms with Crippen LogP contribution in [-0.2, 0) is 32.0 Å². The number of aromatic amines is 1. The number of carboxylic acids is 1. The Labute approximate surface area is 244 Å². The standard InChI is InChI=1S/C30H40N6O6/c1-18(37)26(30(41)42)36-28(39)24(13-7-8-14-31)34-29(40)25(16-20-17-33-23-12-6-5-11-21(20)23)35-27(38)22(32)15-19-9-3-2-4-10-19/h2-6,9-12,17-18,22,24-26,33,37H,7-8,13-16,31-32H2,1H3,(H,34,40)(H,35,38)(H,36,39)(H,41,42)/t18-,22+,24+,25+,26+/m1/s1. The lowest BCUT2D eigenvalue weighted by molar-refractivity contribution is -0.145. The molecule has 12 nitrogen and oxygen atoms in total. The first kappa shape index (κ1) is 32.3. The van der Waals surface area contributed by atoms with E-state index >= 15 is 0 Å². The van der Waals surface area contributed by atoms with Crippen molar-refractivity contribution in [3.05, 3.63) is 71.9 Å². The van der Waals surface area contributed by atoms with Gasteiger partial charge in [-0.25, -0.2) is 4.79 Å². The van der Waals surface area contributed by atoms with Crippen LogP contribution in [-0.4, -0.2) is 75.7 Å². The number of unbranched alkanes of at least 4 members (excludes halogenated alkanes) is 1. The maximum Gasteiger partial charge on any atom is 0.328 e. The molecule has 0 fully saturated rings. The minimum atomic E-state index is -1.57. The van der Waals surface area contributed by atoms with E-state index in [0.29, 0.717) is 19.4 Å². The molecule has 0 saturated heterocycles. The minimum Gasteiger partial charge on any atom is -0.480 e. The molecular formula is C30H40N6O6. The lowest BCUT2D eigenvalue weighted by Crippen LogP contribution is -2.58. The number of aliphatic hydroxyl groups excluding tert-OH is 1. The van der Waals surface area contributed by atoms with Gasteiger partial charge in [-0.2, -0.15) is 0 Å². The fourth-order valence-corrected chi connectivity index (χ4v) is 4.65. The van der Waals surface area contributed by atoms with Gasteiger partial charge in [-0.3, -0.25) is 14.4 Å². The molecule has 12 heteroatoms. The second-order valence-corrected chi connectivity index (χ2v) is 10.3. The monoisotopic (exact) mass is 580 g/mol. The summed E-state index contributed by atoms with van der Waals surface area (Å²) in [6.07, 6.45) is 1.96. The lowest BCUT2D eigenvalue weighted by atomic mass is 10.0. The number of benzene rings is 2. The molecule has 1 heterocycles. The average Bonchev–Trinajstić information content (AvgIpc) is 3.37. The normalized spacial score (nSPS) is 14.8. The zero-order valence-electron chi connectivity index (χ0n) is 23.6. The Morgan fingerprint density at radius 2 is 1.50 bits per heavy atom. The zero-order valence-corrected chi connectivity index (χ0v) is 23.6. The Morgan fingerprint density at radius 3 is 2.17 bits per heavy atom. The fraction of sp³-hybridized carbons (Fsp3) is 0.400. The highest BCUT2D eigenvalue weighted by Crippen LogP contribution is 2.19. The third-order valence-electron chi connectivity index (χ3n) is 6.99. The van der Waals surface area contributed by atoms with Crippen LogP contribution < -0.4 is 27.4 Å². The van der Waals surface area contributed by atoms with E-state index in [1.54, 1.807) is 6.20 Å². The van der Waals surface area contributed by atoms with E-state index in [0.717, 1.165) is 22.0 Å². The smallest absolute Gasteiger partial charge is 0.328 e. The number of carboxylic acid groups (broad SMARTS) is 1. The van der Waals surface area contributed by atoms with Crippen LogP contribution >= 0.6 is 0 Å². The number of rotatable bonds is 16. The third-order valence-corrected chi connectivity index (χ3v) is 6.99. The van der Waals surface area contributed by atoms with Gasteiger partial charge in [0.2, 0.25) is 17.7 Å². The highest BCUT2D eigenvalue weighted by molar-refractivity contribution is 5.95. The number of hydrogen-bond donors (Lipinski definition) is 8. The van der Waals surface area contributed by atoms with Crippen molar-refractivity contribution in [2.75, 3.05) is 6.54 Å². The van der Waals surface area contributed by atoms with Crippen molar-refractivity contribution in [1.82, 2.24) is 20.9 Å². The molecule has 226 valence electrons. The van der Waals surface area contributed by atoms with E-state index < -0.39 is 54.0 Å². The SMILES string of the molecule is C[C@@H](O)[C@H](NC(=O)[C@H](CCCCN)NC(=O)[C@H](Cc1c[nH]c2ccccc12)NC(=O)[C@@H](N)Cc1ccccc1)C(=O)O. The summed E-state index contributed by atoms with van der Waals surface area (Å²) in [5.41, 5.74) is 14.3. The Hall–Kier alpha value is -4.26. The molecule has 0 aliphatic carbocycles. The van der Waals surface area contributed by atoms with E-state index in [4.69, 9.17) is 11.5 Å². The summed E-state index contributed by atoms with van der Waals surface area (Å²) in [7, 11) is 0. The predicted molar refractivity (Wildman–Crippen MR) is 158 cm³/mol. The number of nitrogens with one attached hydrogen (secondary N) is 4. The summed E-state index contributed by atoms with van der Waals surface area (Å²) in [4.78, 5) is 54.6. The number of H-pyrrole nitrogens is 1. The summed E-state index contributed by atoms with van der Waals surface area (Å²) < 4.78 is 0. The molecule has 3 amide bonds. The van der Waals surface area contributed by atoms with Gasteiger partial charge in [0.15, 0.2) is 6.04 Å². The molecule has 0 unspecified atom stereocenters. The molecule has 3 rings (SSSR count). The van der Waals surface area contributed by atoms with Gasteiger partial charge >= 0.3 is 5.97 Å². The van der Waals surface area contributed by atoms with E-state index in [1.165, 1.54) is 6.92 Å². The maximum atomic E-state index is 13.7. The van der Waals surface area contributed by atoms with Gasteiger partial charge in [-0.1, -0.05) is 48.5 Å². The summed E-state index contributed by atoms with van der Waals surface area (Å²) in [5.74, 6) is -3.37. The number of para-hydroxylation sites is 1. The summed E-state index contributed by atoms with van der Waals surface area (Å²) in [6, 6.07) is 12.0. The van der Waals surface area contributed by atoms with Crippen molar-refractivity contribution in [2.45, 2.75) is 69.3 Å². The number of nitrogens with two attached hydrogens (primary N) is 2. The number of hydrogen-bond acceptors (Lipinski definition) is 7. The second kappa shape index (κ2) is 15.7. The number of fused-ring (bicyclic) bond motifs is 1. The summed E-state index contributed by atoms with van der Waals surface area (Å²) >= 11 is 0. The van der Waals surface area contributed by atoms with E-state index in [9.17, 15) is 29.4 Å². The highest BCUT2D eigenvalue weighted by atomic mass is 16.4. The number of amides is 3. The van der Waals surface area contributed by atoms with Gasteiger partial charge in [-0.15, -0.1) is 0 Å². The fourth-order valence-electron chi connectivity index (χ4n) is 4.65. The second-order valence-electron chi connectivity index (χ2n) is 10.3. The van der Waals surface area contributed by atoms with E-state index in [2.05, 4.69) is 20.9 Å². The maximum absolute atomic E-state index is 13.7. The van der Waals surface area contributed by atoms with E-state index in [-0.39, 0.29) is 19.3 Å². The average molecular weight is 581 g/mol. The van der Waals surface area contributed by atoms with Crippen LogP contribution in [0.4, 0.5) is 0 Å². The zero-order chi connectivity index (χ0) is 30.6. The predicted octanol–water partition coefficient (Wildman–Crippen LogP) is 0.329. The van der Waals surface area contributed by atoms with Gasteiger partial charge in [0.25, 0.3) is 0 Å². The topological polar surface area (TPSA) is 213 Å². The quantitative estimate of drug-likeness (QED) is 0.110. The number of aliphatic carboxylic acids is 1. The molecule has 0 saturated carbocycles. The number of aromatic nitrogens is 1. The number of carbonyl (C=O) groups excluding carboxylic acids is 3. The molecule has 0 radical (unpaired) electrons. The number of aliphatic hydroxyl groups is 1. The Balaban J connectivity index is 1.83. The molecule has 5 atom stereocenters. The van der Waals surface area contributed by atoms with Crippen molar-refractivity contribution in [2.24, 2.45) is 11.5 Å². The minimum absolute atomic E-state index is 0.0994. The molecule has 0 aliphatic heterocycles. The first-order chi connectivity index (χ1) is 20.1. The van der Waals surface area contributed by atoms with Crippen LogP contribution in [0.2, 0.25) is 0 Å². The molecule has 3 aromatic rings. The first-order valence-electron chi connectivity index (χ1n) is 14.0. The van der Waals surface area contributed by atoms with Crippen LogP contribution in [0.1, 0.15) is 37.3 Å². The van der Waals surface area contributed by atoms with Crippen molar-refractivity contribution >= 4 is 34.6 Å². The molecule has 1 aromatic heterocycles. The largest absolute Gasteiger partial charge is 0.480 e. The summed E-state index contributed by atoms with van der Waals surface area (Å²) in [6.45, 7) is 1.61. The lowest BCUT2D eigenvalue weighted by Gasteiger charge is -2.26. The molecule has 0 bridgehead atoms. The van der Waals surface area contributed by atoms with Crippen molar-refractivity contribution < 1.29 is 29.4 Å². The molecular weight excluding hydrogens is 540 g/mol. The molecule has 2 aromatic carbocycles. The van der Waals surface area contributed by atoms with Crippen LogP contribution in [0.25, 0.3) is 10.9 Å². The van der Waals surface area contributed by atoms with E-state index in [1.807, 2.05) is 54.6 Å². The molecule has 10 N–H and O–H groups in total. The van der Waals surface area contributed by atoms with Crippen LogP contribution in [0.3, 0.4) is 0 Å². The van der Waals surface area contributed by atoms with Gasteiger partial charge < -0.3 is 42.6 Å². The molecule has 0 aliphatic rings. The highest BCUT2D eigenvalue weighted by Gasteiger charge is 2.32. The van der Waals surface area contributed by atoms with Gasteiger partial charge in [0, 0.05) is 23.5 Å². The van der Waals surface area contributed by atoms with Crippen molar-refractivity contribution in [3.8, 4) is 0 Å². The number of carbonyl (C=O) groups is 4. The first-order valence-corrected chi connectivity index (χ1v) is 14.0. The van der Waals surface area contributed by atoms with Gasteiger partial charge in [0.05, 0.1) is 12.1 Å². The molecule has 42 heavy (non-hydrogen) atoms. The third kappa shape index (κ3) is 9.13. The molecule has 0 spiro atoms. The van der Waals surface area contributed by atoms with Gasteiger partial charge in [-0.05, 0) is 56.3 Å². The van der Waals surface area contributed by atoms with Crippen molar-refractivity contribution in [1.29, 1.82) is 0 Å².